The normalized spacial score (nSPS) is 16.0. The van der Waals surface area contributed by atoms with Gasteiger partial charge in [-0.05, 0) is 48.5 Å². The molecule has 0 aliphatic carbocycles. The minimum absolute atomic E-state index is 0.196. The van der Waals surface area contributed by atoms with Crippen LogP contribution in [0.5, 0.6) is 0 Å². The van der Waals surface area contributed by atoms with E-state index >= 15 is 0 Å². The number of imidazole rings is 1. The summed E-state index contributed by atoms with van der Waals surface area (Å²) in [5.74, 6) is 0.525. The molecule has 0 bridgehead atoms. The summed E-state index contributed by atoms with van der Waals surface area (Å²) in [6.07, 6.45) is 9.60. The summed E-state index contributed by atoms with van der Waals surface area (Å²) >= 11 is 0. The summed E-state index contributed by atoms with van der Waals surface area (Å²) in [5.41, 5.74) is 3.53. The lowest BCUT2D eigenvalue weighted by Crippen LogP contribution is -2.49. The molecular weight excluding hydrogens is 498 g/mol. The summed E-state index contributed by atoms with van der Waals surface area (Å²) in [6, 6.07) is -0.196. The van der Waals surface area contributed by atoms with Gasteiger partial charge in [-0.15, -0.1) is 0 Å². The number of nitrogens with zero attached hydrogens (tertiary/aromatic N) is 8. The Morgan fingerprint density at radius 3 is 2.44 bits per heavy atom. The number of ether oxygens (including phenoxy) is 1. The summed E-state index contributed by atoms with van der Waals surface area (Å²) < 4.78 is 7.42. The molecular formula is C27H31N9O3. The maximum atomic E-state index is 13.3. The fourth-order valence-corrected chi connectivity index (χ4v) is 4.71. The van der Waals surface area contributed by atoms with E-state index in [9.17, 15) is 9.59 Å². The van der Waals surface area contributed by atoms with Crippen LogP contribution in [0.3, 0.4) is 0 Å². The van der Waals surface area contributed by atoms with Gasteiger partial charge in [-0.1, -0.05) is 0 Å². The Hall–Kier alpha value is -4.61. The number of pyridine rings is 1. The molecule has 4 aromatic rings. The number of allylic oxidation sites excluding steroid dienone is 1. The number of carbonyl (C=O) groups excluding carboxylic acids is 2. The second-order valence-corrected chi connectivity index (χ2v) is 10.7. The van der Waals surface area contributed by atoms with Gasteiger partial charge < -0.3 is 19.4 Å². The van der Waals surface area contributed by atoms with Gasteiger partial charge in [0.25, 0.3) is 5.91 Å². The molecule has 12 nitrogen and oxygen atoms in total. The molecule has 5 heterocycles. The van der Waals surface area contributed by atoms with E-state index in [0.29, 0.717) is 40.6 Å². The van der Waals surface area contributed by atoms with Gasteiger partial charge in [0.2, 0.25) is 0 Å². The van der Waals surface area contributed by atoms with Crippen molar-refractivity contribution in [3.05, 3.63) is 59.8 Å². The van der Waals surface area contributed by atoms with Crippen LogP contribution in [-0.4, -0.2) is 64.4 Å². The molecule has 4 aromatic heterocycles. The molecule has 202 valence electrons. The van der Waals surface area contributed by atoms with Crippen LogP contribution >= 0.6 is 0 Å². The van der Waals surface area contributed by atoms with E-state index in [-0.39, 0.29) is 11.6 Å². The van der Waals surface area contributed by atoms with Crippen LogP contribution in [0.15, 0.2) is 42.9 Å². The highest BCUT2D eigenvalue weighted by atomic mass is 16.6. The molecule has 1 N–H and O–H groups in total. The maximum Gasteiger partial charge on any atom is 0.414 e. The summed E-state index contributed by atoms with van der Waals surface area (Å²) in [5, 5.41) is 2.85. The smallest absolute Gasteiger partial charge is 0.414 e. The topological polar surface area (TPSA) is 131 Å². The lowest BCUT2D eigenvalue weighted by Gasteiger charge is -2.39. The predicted octanol–water partition coefficient (Wildman–Crippen LogP) is 4.24. The fourth-order valence-electron chi connectivity index (χ4n) is 4.71. The fraction of sp³-hybridized carbons (Fsp3) is 0.370. The van der Waals surface area contributed by atoms with Crippen LogP contribution in [0.25, 0.3) is 16.7 Å². The number of hydrogen-bond acceptors (Lipinski definition) is 9. The molecule has 0 unspecified atom stereocenters. The van der Waals surface area contributed by atoms with E-state index in [1.54, 1.807) is 17.3 Å². The lowest BCUT2D eigenvalue weighted by atomic mass is 10.1. The zero-order valence-electron chi connectivity index (χ0n) is 23.1. The minimum Gasteiger partial charge on any atom is -0.443 e. The van der Waals surface area contributed by atoms with Crippen molar-refractivity contribution < 1.29 is 14.3 Å². The molecule has 0 saturated carbocycles. The SMILES string of the molecule is CC1=CN(c2ncc(C(=O)Nc3cn4cc(C)nc(C)c4n3)c3nccnc23)C[C@H](C)N1C(=O)OC(C)(C)C. The molecule has 0 radical (unpaired) electrons. The van der Waals surface area contributed by atoms with Crippen molar-refractivity contribution in [1.29, 1.82) is 0 Å². The highest BCUT2D eigenvalue weighted by molar-refractivity contribution is 6.12. The maximum absolute atomic E-state index is 13.3. The predicted molar refractivity (Wildman–Crippen MR) is 146 cm³/mol. The molecule has 0 aromatic carbocycles. The summed E-state index contributed by atoms with van der Waals surface area (Å²) in [4.78, 5) is 52.2. The van der Waals surface area contributed by atoms with Crippen LogP contribution in [0.4, 0.5) is 16.4 Å². The second kappa shape index (κ2) is 9.61. The average Bonchev–Trinajstić information content (AvgIpc) is 3.24. The van der Waals surface area contributed by atoms with E-state index in [1.807, 2.05) is 70.2 Å². The number of nitrogens with one attached hydrogen (secondary N) is 1. The van der Waals surface area contributed by atoms with Gasteiger partial charge in [0.1, 0.15) is 16.6 Å². The van der Waals surface area contributed by atoms with Crippen molar-refractivity contribution in [3.8, 4) is 0 Å². The lowest BCUT2D eigenvalue weighted by molar-refractivity contribution is 0.0249. The van der Waals surface area contributed by atoms with Crippen LogP contribution in [0, 0.1) is 13.8 Å². The zero-order valence-corrected chi connectivity index (χ0v) is 23.1. The van der Waals surface area contributed by atoms with E-state index in [2.05, 4.69) is 30.2 Å². The average molecular weight is 530 g/mol. The highest BCUT2D eigenvalue weighted by Gasteiger charge is 2.33. The van der Waals surface area contributed by atoms with Gasteiger partial charge in [-0.2, -0.15) is 0 Å². The van der Waals surface area contributed by atoms with Gasteiger partial charge >= 0.3 is 6.09 Å². The molecule has 1 aliphatic heterocycles. The van der Waals surface area contributed by atoms with Gasteiger partial charge in [0.15, 0.2) is 17.3 Å². The zero-order chi connectivity index (χ0) is 28.1. The first-order valence-electron chi connectivity index (χ1n) is 12.6. The summed E-state index contributed by atoms with van der Waals surface area (Å²) in [7, 11) is 0. The van der Waals surface area contributed by atoms with Crippen LogP contribution in [-0.2, 0) is 4.74 Å². The molecule has 1 aliphatic rings. The number of aryl methyl sites for hydroxylation is 2. The standard InChI is InChI=1S/C27H31N9O3/c1-15-11-34-14-20(32-23(34)18(4)31-15)33-25(37)19-10-30-24(22-21(19)28-8-9-29-22)35-12-16(2)36(17(3)13-35)26(38)39-27(5,6)7/h8-12,14,17H,13H2,1-7H3,(H,33,37)/t17-/m0/s1. The number of anilines is 2. The van der Waals surface area contributed by atoms with Gasteiger partial charge in [0.05, 0.1) is 29.2 Å². The third kappa shape index (κ3) is 5.09. The van der Waals surface area contributed by atoms with Crippen LogP contribution < -0.4 is 10.2 Å². The van der Waals surface area contributed by atoms with Crippen molar-refractivity contribution in [2.45, 2.75) is 60.1 Å². The Morgan fingerprint density at radius 1 is 1.03 bits per heavy atom. The van der Waals surface area contributed by atoms with Crippen molar-refractivity contribution in [1.82, 2.24) is 34.2 Å². The van der Waals surface area contributed by atoms with Crippen LogP contribution in [0.1, 0.15) is 56.4 Å². The third-order valence-electron chi connectivity index (χ3n) is 6.18. The van der Waals surface area contributed by atoms with E-state index in [0.717, 1.165) is 11.4 Å². The Kier molecular flexibility index (Phi) is 6.41. The molecule has 12 heteroatoms. The number of amides is 2. The number of hydrogen-bond donors (Lipinski definition) is 1. The van der Waals surface area contributed by atoms with Crippen LogP contribution in [0.2, 0.25) is 0 Å². The Labute approximate surface area is 225 Å². The van der Waals surface area contributed by atoms with E-state index in [4.69, 9.17) is 4.74 Å². The second-order valence-electron chi connectivity index (χ2n) is 10.7. The van der Waals surface area contributed by atoms with Gasteiger partial charge in [0, 0.05) is 43.2 Å². The monoisotopic (exact) mass is 529 g/mol. The molecule has 39 heavy (non-hydrogen) atoms. The number of fused-ring (bicyclic) bond motifs is 2. The molecule has 5 rings (SSSR count). The van der Waals surface area contributed by atoms with E-state index in [1.165, 1.54) is 12.4 Å². The molecule has 0 spiro atoms. The van der Waals surface area contributed by atoms with Crippen molar-refractivity contribution in [2.75, 3.05) is 16.8 Å². The highest BCUT2D eigenvalue weighted by Crippen LogP contribution is 2.29. The number of rotatable bonds is 3. The largest absolute Gasteiger partial charge is 0.443 e. The molecule has 0 fully saturated rings. The quantitative estimate of drug-likeness (QED) is 0.414. The molecule has 1 atom stereocenters. The molecule has 2 amide bonds. The van der Waals surface area contributed by atoms with Crippen molar-refractivity contribution in [2.24, 2.45) is 0 Å². The van der Waals surface area contributed by atoms with Gasteiger partial charge in [-0.25, -0.2) is 19.7 Å². The third-order valence-corrected chi connectivity index (χ3v) is 6.18. The molecule has 0 saturated heterocycles. The minimum atomic E-state index is -0.601. The first-order valence-corrected chi connectivity index (χ1v) is 12.6. The summed E-state index contributed by atoms with van der Waals surface area (Å²) in [6.45, 7) is 13.5. The Bertz CT molecular complexity index is 1640. The van der Waals surface area contributed by atoms with Crippen molar-refractivity contribution in [3.63, 3.8) is 0 Å². The Balaban J connectivity index is 1.45. The first kappa shape index (κ1) is 26.0. The Morgan fingerprint density at radius 2 is 1.74 bits per heavy atom. The van der Waals surface area contributed by atoms with E-state index < -0.39 is 17.6 Å². The first-order chi connectivity index (χ1) is 18.4. The number of carbonyl (C=O) groups is 2. The number of aromatic nitrogens is 6. The van der Waals surface area contributed by atoms with Gasteiger partial charge in [-0.3, -0.25) is 19.7 Å². The van der Waals surface area contributed by atoms with Crippen molar-refractivity contribution >= 4 is 40.3 Å².